The van der Waals surface area contributed by atoms with Gasteiger partial charge in [-0.25, -0.2) is 14.4 Å². The third kappa shape index (κ3) is 15.5. The normalized spacial score (nSPS) is 18.7. The number of carbonyl (C=O) groups excluding carboxylic acids is 3. The SMILES string of the molecule is COC(=O)NCCO[C@@H](c1cccc(Cl)c1)[C@@H]1CCCN(C(=O)OC(C)(C)C)C1.COC(=O)NCCO[C@@H](c1cccc(Cl)c1)[C@@H]1CCCNC1. The first kappa shape index (κ1) is 42.1. The third-order valence-electron chi connectivity index (χ3n) is 8.36. The number of alkyl carbamates (subject to hydrolysis) is 2. The largest absolute Gasteiger partial charge is 0.453 e. The van der Waals surface area contributed by atoms with E-state index in [1.165, 1.54) is 14.2 Å². The van der Waals surface area contributed by atoms with Gasteiger partial charge < -0.3 is 44.5 Å². The smallest absolute Gasteiger partial charge is 0.410 e. The zero-order chi connectivity index (χ0) is 37.2. The molecule has 2 saturated heterocycles. The molecule has 3 amide bonds. The van der Waals surface area contributed by atoms with Gasteiger partial charge in [0.15, 0.2) is 0 Å². The third-order valence-corrected chi connectivity index (χ3v) is 8.83. The van der Waals surface area contributed by atoms with Gasteiger partial charge in [0.1, 0.15) is 5.60 Å². The Kier molecular flexibility index (Phi) is 18.1. The van der Waals surface area contributed by atoms with Gasteiger partial charge >= 0.3 is 18.3 Å². The summed E-state index contributed by atoms with van der Waals surface area (Å²) in [4.78, 5) is 36.6. The zero-order valence-corrected chi connectivity index (χ0v) is 31.9. The minimum Gasteiger partial charge on any atom is -0.453 e. The van der Waals surface area contributed by atoms with E-state index in [0.717, 1.165) is 49.9 Å². The molecular formula is C37H54Cl2N4O8. The lowest BCUT2D eigenvalue weighted by atomic mass is 9.88. The van der Waals surface area contributed by atoms with Crippen LogP contribution in [-0.4, -0.2) is 95.5 Å². The number of likely N-dealkylation sites (tertiary alicyclic amines) is 1. The first-order chi connectivity index (χ1) is 24.4. The van der Waals surface area contributed by atoms with Crippen molar-refractivity contribution in [3.63, 3.8) is 0 Å². The fourth-order valence-corrected chi connectivity index (χ4v) is 6.48. The van der Waals surface area contributed by atoms with E-state index in [4.69, 9.17) is 37.4 Å². The topological polar surface area (TPSA) is 137 Å². The molecule has 12 nitrogen and oxygen atoms in total. The molecule has 0 aliphatic carbocycles. The van der Waals surface area contributed by atoms with Crippen molar-refractivity contribution in [2.75, 3.05) is 66.7 Å². The summed E-state index contributed by atoms with van der Waals surface area (Å²) in [7, 11) is 2.66. The molecule has 0 aromatic heterocycles. The molecule has 2 aliphatic heterocycles. The Bertz CT molecular complexity index is 1370. The number of benzene rings is 2. The van der Waals surface area contributed by atoms with Crippen molar-refractivity contribution in [1.29, 1.82) is 0 Å². The highest BCUT2D eigenvalue weighted by molar-refractivity contribution is 6.30. The number of ether oxygens (including phenoxy) is 5. The fourth-order valence-electron chi connectivity index (χ4n) is 6.08. The van der Waals surface area contributed by atoms with Gasteiger partial charge in [0, 0.05) is 54.6 Å². The molecule has 3 N–H and O–H groups in total. The molecule has 2 aromatic carbocycles. The Hall–Kier alpha value is -3.29. The Morgan fingerprint density at radius 3 is 1.84 bits per heavy atom. The Balaban J connectivity index is 0.000000286. The number of methoxy groups -OCH3 is 2. The van der Waals surface area contributed by atoms with E-state index in [-0.39, 0.29) is 24.2 Å². The molecule has 0 saturated carbocycles. The van der Waals surface area contributed by atoms with Gasteiger partial charge in [0.25, 0.3) is 0 Å². The summed E-state index contributed by atoms with van der Waals surface area (Å²) < 4.78 is 26.8. The second-order valence-electron chi connectivity index (χ2n) is 13.5. The second kappa shape index (κ2) is 21.9. The Morgan fingerprint density at radius 2 is 1.37 bits per heavy atom. The maximum atomic E-state index is 12.5. The molecule has 4 atom stereocenters. The number of halogens is 2. The van der Waals surface area contributed by atoms with Crippen LogP contribution >= 0.6 is 23.2 Å². The summed E-state index contributed by atoms with van der Waals surface area (Å²) in [5, 5.41) is 9.99. The van der Waals surface area contributed by atoms with Gasteiger partial charge in [-0.15, -0.1) is 0 Å². The molecule has 2 aromatic rings. The van der Waals surface area contributed by atoms with Crippen molar-refractivity contribution >= 4 is 41.5 Å². The highest BCUT2D eigenvalue weighted by Gasteiger charge is 2.33. The molecule has 2 heterocycles. The predicted molar refractivity (Wildman–Crippen MR) is 197 cm³/mol. The molecule has 0 bridgehead atoms. The monoisotopic (exact) mass is 752 g/mol. The minimum absolute atomic E-state index is 0.0223. The lowest BCUT2D eigenvalue weighted by Crippen LogP contribution is -2.44. The van der Waals surface area contributed by atoms with Crippen LogP contribution in [0.5, 0.6) is 0 Å². The highest BCUT2D eigenvalue weighted by Crippen LogP contribution is 2.35. The van der Waals surface area contributed by atoms with Crippen LogP contribution in [0.3, 0.4) is 0 Å². The second-order valence-corrected chi connectivity index (χ2v) is 14.3. The molecule has 0 spiro atoms. The predicted octanol–water partition coefficient (Wildman–Crippen LogP) is 7.15. The van der Waals surface area contributed by atoms with Crippen molar-refractivity contribution in [3.05, 3.63) is 69.7 Å². The van der Waals surface area contributed by atoms with E-state index < -0.39 is 17.8 Å². The van der Waals surface area contributed by atoms with E-state index >= 15 is 0 Å². The first-order valence-electron chi connectivity index (χ1n) is 17.5. The summed E-state index contributed by atoms with van der Waals surface area (Å²) in [6.07, 6.45) is 2.53. The average molecular weight is 754 g/mol. The van der Waals surface area contributed by atoms with Crippen molar-refractivity contribution in [2.45, 2.75) is 64.3 Å². The summed E-state index contributed by atoms with van der Waals surface area (Å²) in [6, 6.07) is 15.3. The maximum absolute atomic E-state index is 12.5. The van der Waals surface area contributed by atoms with Gasteiger partial charge in [0.05, 0.1) is 39.6 Å². The van der Waals surface area contributed by atoms with Crippen LogP contribution in [0.25, 0.3) is 0 Å². The molecule has 0 unspecified atom stereocenters. The molecule has 0 radical (unpaired) electrons. The van der Waals surface area contributed by atoms with Crippen LogP contribution < -0.4 is 16.0 Å². The number of nitrogens with one attached hydrogen (secondary N) is 3. The Labute approximate surface area is 312 Å². The molecule has 14 heteroatoms. The summed E-state index contributed by atoms with van der Waals surface area (Å²) >= 11 is 12.3. The first-order valence-corrected chi connectivity index (χ1v) is 18.2. The number of amides is 3. The van der Waals surface area contributed by atoms with Crippen LogP contribution in [0, 0.1) is 11.8 Å². The van der Waals surface area contributed by atoms with E-state index in [0.29, 0.717) is 55.4 Å². The van der Waals surface area contributed by atoms with Crippen molar-refractivity contribution in [1.82, 2.24) is 20.9 Å². The standard InChI is InChI=1S/C21H31ClN2O5.C16H23ClN2O3/c1-21(2,3)29-20(26)24-11-6-8-16(14-24)18(15-7-5-9-17(22)13-15)28-12-10-23-19(25)27-4;1-21-16(20)19-8-9-22-15(13-5-3-7-18-11-13)12-4-2-6-14(17)10-12/h5,7,9,13,16,18H,6,8,10-12,14H2,1-4H3,(H,23,25);2,4,6,10,13,15,18H,3,5,7-9,11H2,1H3,(H,19,20)/t16-,18+;13-,15+/m11/s1. The molecular weight excluding hydrogens is 699 g/mol. The van der Waals surface area contributed by atoms with E-state index in [1.54, 1.807) is 4.90 Å². The molecule has 2 fully saturated rings. The van der Waals surface area contributed by atoms with Crippen LogP contribution in [0.4, 0.5) is 14.4 Å². The van der Waals surface area contributed by atoms with Gasteiger partial charge in [-0.3, -0.25) is 0 Å². The fraction of sp³-hybridized carbons (Fsp3) is 0.595. The number of hydrogen-bond acceptors (Lipinski definition) is 9. The van der Waals surface area contributed by atoms with Gasteiger partial charge in [-0.05, 0) is 88.4 Å². The van der Waals surface area contributed by atoms with E-state index in [2.05, 4.69) is 25.4 Å². The molecule has 51 heavy (non-hydrogen) atoms. The maximum Gasteiger partial charge on any atom is 0.410 e. The van der Waals surface area contributed by atoms with E-state index in [9.17, 15) is 14.4 Å². The Morgan fingerprint density at radius 1 is 0.843 bits per heavy atom. The van der Waals surface area contributed by atoms with Crippen LogP contribution in [-0.2, 0) is 23.7 Å². The number of hydrogen-bond donors (Lipinski definition) is 3. The molecule has 4 rings (SSSR count). The van der Waals surface area contributed by atoms with E-state index in [1.807, 2.05) is 69.3 Å². The average Bonchev–Trinajstić information content (AvgIpc) is 3.11. The summed E-state index contributed by atoms with van der Waals surface area (Å²) in [5.74, 6) is 0.498. The van der Waals surface area contributed by atoms with Crippen molar-refractivity contribution in [3.8, 4) is 0 Å². The molecule has 284 valence electrons. The highest BCUT2D eigenvalue weighted by atomic mass is 35.5. The number of piperidine rings is 2. The van der Waals surface area contributed by atoms with Gasteiger partial charge in [-0.2, -0.15) is 0 Å². The molecule has 2 aliphatic rings. The van der Waals surface area contributed by atoms with Crippen molar-refractivity contribution in [2.24, 2.45) is 11.8 Å². The number of carbonyl (C=O) groups is 3. The van der Waals surface area contributed by atoms with Crippen LogP contribution in [0.1, 0.15) is 69.8 Å². The lowest BCUT2D eigenvalue weighted by Gasteiger charge is -2.37. The summed E-state index contributed by atoms with van der Waals surface area (Å²) in [6.45, 7) is 10.3. The quantitative estimate of drug-likeness (QED) is 0.153. The van der Waals surface area contributed by atoms with Crippen molar-refractivity contribution < 1.29 is 38.1 Å². The lowest BCUT2D eigenvalue weighted by molar-refractivity contribution is -0.0245. The summed E-state index contributed by atoms with van der Waals surface area (Å²) in [5.41, 5.74) is 1.50. The number of rotatable bonds is 12. The zero-order valence-electron chi connectivity index (χ0n) is 30.4. The minimum atomic E-state index is -0.535. The number of nitrogens with zero attached hydrogens (tertiary/aromatic N) is 1. The van der Waals surface area contributed by atoms with Gasteiger partial charge in [-0.1, -0.05) is 47.5 Å². The van der Waals surface area contributed by atoms with Gasteiger partial charge in [0.2, 0.25) is 0 Å². The van der Waals surface area contributed by atoms with Crippen LogP contribution in [0.2, 0.25) is 10.0 Å². The van der Waals surface area contributed by atoms with Crippen LogP contribution in [0.15, 0.2) is 48.5 Å².